The van der Waals surface area contributed by atoms with E-state index in [0.29, 0.717) is 13.2 Å². The van der Waals surface area contributed by atoms with Gasteiger partial charge in [-0.05, 0) is 43.3 Å². The lowest BCUT2D eigenvalue weighted by molar-refractivity contribution is 0.0663. The Kier molecular flexibility index (Phi) is 9.88. The Hall–Kier alpha value is -1.53. The van der Waals surface area contributed by atoms with Crippen molar-refractivity contribution in [3.63, 3.8) is 0 Å². The second-order valence-corrected chi connectivity index (χ2v) is 6.54. The van der Waals surface area contributed by atoms with Gasteiger partial charge in [-0.25, -0.2) is 4.39 Å². The fourth-order valence-corrected chi connectivity index (χ4v) is 3.02. The molecule has 0 aromatic heterocycles. The summed E-state index contributed by atoms with van der Waals surface area (Å²) in [4.78, 5) is 4.48. The van der Waals surface area contributed by atoms with Crippen LogP contribution in [0.1, 0.15) is 5.56 Å². The molecule has 1 aliphatic heterocycles. The lowest BCUT2D eigenvalue weighted by Crippen LogP contribution is -2.49. The van der Waals surface area contributed by atoms with Crippen LogP contribution in [0.2, 0.25) is 0 Å². The average Bonchev–Trinajstić information content (AvgIpc) is 2.63. The summed E-state index contributed by atoms with van der Waals surface area (Å²) < 4.78 is 18.7. The van der Waals surface area contributed by atoms with Gasteiger partial charge in [-0.3, -0.25) is 4.90 Å². The summed E-state index contributed by atoms with van der Waals surface area (Å²) in [6.07, 6.45) is -0.515. The molecule has 4 nitrogen and oxygen atoms in total. The molecule has 1 N–H and O–H groups in total. The summed E-state index contributed by atoms with van der Waals surface area (Å²) in [6, 6.07) is 14.5. The van der Waals surface area contributed by atoms with E-state index < -0.39 is 6.10 Å². The van der Waals surface area contributed by atoms with E-state index in [2.05, 4.69) is 9.80 Å². The number of hydrogen-bond acceptors (Lipinski definition) is 4. The van der Waals surface area contributed by atoms with E-state index in [9.17, 15) is 9.50 Å². The molecule has 1 atom stereocenters. The molecule has 3 rings (SSSR count). The maximum Gasteiger partial charge on any atom is 0.123 e. The Bertz CT molecular complexity index is 663. The predicted octanol–water partition coefficient (Wildman–Crippen LogP) is 3.54. The minimum atomic E-state index is -0.515. The van der Waals surface area contributed by atoms with Crippen molar-refractivity contribution in [1.82, 2.24) is 4.90 Å². The molecule has 7 heteroatoms. The highest BCUT2D eigenvalue weighted by molar-refractivity contribution is 5.85. The third-order valence-corrected chi connectivity index (χ3v) is 4.50. The first-order valence-electron chi connectivity index (χ1n) is 8.70. The molecule has 150 valence electrons. The second-order valence-electron chi connectivity index (χ2n) is 6.54. The predicted molar refractivity (Wildman–Crippen MR) is 112 cm³/mol. The van der Waals surface area contributed by atoms with Gasteiger partial charge >= 0.3 is 0 Å². The van der Waals surface area contributed by atoms with Gasteiger partial charge in [-0.15, -0.1) is 24.8 Å². The lowest BCUT2D eigenvalue weighted by atomic mass is 10.2. The quantitative estimate of drug-likeness (QED) is 0.780. The van der Waals surface area contributed by atoms with Gasteiger partial charge < -0.3 is 14.7 Å². The number of anilines is 1. The first kappa shape index (κ1) is 23.5. The van der Waals surface area contributed by atoms with Crippen molar-refractivity contribution in [1.29, 1.82) is 0 Å². The smallest absolute Gasteiger partial charge is 0.123 e. The Morgan fingerprint density at radius 2 is 1.56 bits per heavy atom. The van der Waals surface area contributed by atoms with E-state index >= 15 is 0 Å². The monoisotopic (exact) mass is 416 g/mol. The van der Waals surface area contributed by atoms with Crippen LogP contribution in [0, 0.1) is 12.7 Å². The highest BCUT2D eigenvalue weighted by Gasteiger charge is 2.19. The van der Waals surface area contributed by atoms with Gasteiger partial charge in [0.05, 0.1) is 0 Å². The number of aliphatic hydroxyl groups is 1. The summed E-state index contributed by atoms with van der Waals surface area (Å²) >= 11 is 0. The van der Waals surface area contributed by atoms with Crippen molar-refractivity contribution in [3.05, 3.63) is 59.9 Å². The molecule has 0 aliphatic carbocycles. The van der Waals surface area contributed by atoms with Crippen molar-refractivity contribution in [2.45, 2.75) is 13.0 Å². The number of halogens is 3. The standard InChI is InChI=1S/C20H25FN2O2.2ClH/c1-16-2-8-20(9-3-16)25-15-19(24)14-22-10-12-23(13-11-22)18-6-4-17(21)5-7-18;;/h2-9,19,24H,10-15H2,1H3;2*1H. The zero-order chi connectivity index (χ0) is 17.6. The summed E-state index contributed by atoms with van der Waals surface area (Å²) in [7, 11) is 0. The minimum absolute atomic E-state index is 0. The van der Waals surface area contributed by atoms with Gasteiger partial charge in [0.15, 0.2) is 0 Å². The average molecular weight is 417 g/mol. The van der Waals surface area contributed by atoms with Crippen LogP contribution >= 0.6 is 24.8 Å². The number of hydrogen-bond donors (Lipinski definition) is 1. The van der Waals surface area contributed by atoms with E-state index in [1.54, 1.807) is 0 Å². The molecule has 27 heavy (non-hydrogen) atoms. The molecule has 1 fully saturated rings. The zero-order valence-electron chi connectivity index (χ0n) is 15.4. The number of ether oxygens (including phenoxy) is 1. The number of rotatable bonds is 6. The molecule has 0 saturated carbocycles. The fraction of sp³-hybridized carbons (Fsp3) is 0.400. The molecular formula is C20H27Cl2FN2O2. The lowest BCUT2D eigenvalue weighted by Gasteiger charge is -2.36. The summed E-state index contributed by atoms with van der Waals surface area (Å²) in [5.74, 6) is 0.574. The number of benzene rings is 2. The van der Waals surface area contributed by atoms with Crippen LogP contribution in [-0.2, 0) is 0 Å². The highest BCUT2D eigenvalue weighted by atomic mass is 35.5. The largest absolute Gasteiger partial charge is 0.491 e. The van der Waals surface area contributed by atoms with Crippen molar-refractivity contribution >= 4 is 30.5 Å². The molecule has 1 saturated heterocycles. The summed E-state index contributed by atoms with van der Waals surface area (Å²) in [5.41, 5.74) is 2.23. The first-order valence-corrected chi connectivity index (χ1v) is 8.70. The molecule has 2 aromatic rings. The van der Waals surface area contributed by atoms with Gasteiger partial charge in [0, 0.05) is 38.4 Å². The third kappa shape index (κ3) is 7.18. The third-order valence-electron chi connectivity index (χ3n) is 4.50. The minimum Gasteiger partial charge on any atom is -0.491 e. The SMILES string of the molecule is Cc1ccc(OCC(O)CN2CCN(c3ccc(F)cc3)CC2)cc1.Cl.Cl. The van der Waals surface area contributed by atoms with Gasteiger partial charge in [0.25, 0.3) is 0 Å². The topological polar surface area (TPSA) is 35.9 Å². The zero-order valence-corrected chi connectivity index (χ0v) is 17.0. The summed E-state index contributed by atoms with van der Waals surface area (Å²) in [5, 5.41) is 10.2. The Morgan fingerprint density at radius 3 is 2.15 bits per heavy atom. The van der Waals surface area contributed by atoms with E-state index in [-0.39, 0.29) is 30.6 Å². The van der Waals surface area contributed by atoms with E-state index in [0.717, 1.165) is 37.6 Å². The number of aryl methyl sites for hydroxylation is 1. The molecular weight excluding hydrogens is 390 g/mol. The van der Waals surface area contributed by atoms with Crippen molar-refractivity contribution in [2.24, 2.45) is 0 Å². The molecule has 1 aliphatic rings. The van der Waals surface area contributed by atoms with Crippen LogP contribution in [0.5, 0.6) is 5.75 Å². The Balaban J connectivity index is 0.00000182. The fourth-order valence-electron chi connectivity index (χ4n) is 3.02. The number of β-amino-alcohol motifs (C(OH)–C–C–N with tert-alkyl or cyclic N) is 1. The van der Waals surface area contributed by atoms with Crippen LogP contribution in [0.25, 0.3) is 0 Å². The molecule has 2 aromatic carbocycles. The van der Waals surface area contributed by atoms with Crippen LogP contribution in [-0.4, -0.2) is 55.4 Å². The van der Waals surface area contributed by atoms with Crippen molar-refractivity contribution in [3.8, 4) is 5.75 Å². The van der Waals surface area contributed by atoms with Crippen LogP contribution in [0.3, 0.4) is 0 Å². The molecule has 0 amide bonds. The van der Waals surface area contributed by atoms with Crippen LogP contribution in [0.4, 0.5) is 10.1 Å². The van der Waals surface area contributed by atoms with Gasteiger partial charge in [0.1, 0.15) is 24.3 Å². The number of piperazine rings is 1. The Morgan fingerprint density at radius 1 is 0.963 bits per heavy atom. The van der Waals surface area contributed by atoms with E-state index in [1.165, 1.54) is 17.7 Å². The van der Waals surface area contributed by atoms with E-state index in [1.807, 2.05) is 43.3 Å². The van der Waals surface area contributed by atoms with Crippen molar-refractivity contribution in [2.75, 3.05) is 44.2 Å². The number of nitrogens with zero attached hydrogens (tertiary/aromatic N) is 2. The maximum atomic E-state index is 13.0. The molecule has 1 heterocycles. The van der Waals surface area contributed by atoms with E-state index in [4.69, 9.17) is 4.74 Å². The van der Waals surface area contributed by atoms with Gasteiger partial charge in [-0.2, -0.15) is 0 Å². The normalized spacial score (nSPS) is 15.4. The molecule has 0 bridgehead atoms. The van der Waals surface area contributed by atoms with Crippen molar-refractivity contribution < 1.29 is 14.2 Å². The summed E-state index contributed by atoms with van der Waals surface area (Å²) in [6.45, 7) is 6.42. The van der Waals surface area contributed by atoms with Crippen LogP contribution < -0.4 is 9.64 Å². The molecule has 0 radical (unpaired) electrons. The highest BCUT2D eigenvalue weighted by Crippen LogP contribution is 2.17. The molecule has 0 spiro atoms. The maximum absolute atomic E-state index is 13.0. The molecule has 1 unspecified atom stereocenters. The van der Waals surface area contributed by atoms with Gasteiger partial charge in [0.2, 0.25) is 0 Å². The van der Waals surface area contributed by atoms with Crippen LogP contribution in [0.15, 0.2) is 48.5 Å². The Labute approximate surface area is 172 Å². The second kappa shape index (κ2) is 11.3. The number of aliphatic hydroxyl groups excluding tert-OH is 1. The van der Waals surface area contributed by atoms with Gasteiger partial charge in [-0.1, -0.05) is 17.7 Å². The first-order chi connectivity index (χ1) is 12.1.